The lowest BCUT2D eigenvalue weighted by molar-refractivity contribution is 0.0268. The lowest BCUT2D eigenvalue weighted by Crippen LogP contribution is -2.45. The minimum atomic E-state index is -0.266. The second kappa shape index (κ2) is 11.9. The van der Waals surface area contributed by atoms with Gasteiger partial charge in [0.1, 0.15) is 18.2 Å². The van der Waals surface area contributed by atoms with Gasteiger partial charge in [-0.05, 0) is 49.2 Å². The molecule has 2 rings (SSSR count). The molecule has 0 saturated carbocycles. The topological polar surface area (TPSA) is 54.9 Å². The Hall–Kier alpha value is -1.87. The molecule has 0 saturated heterocycles. The van der Waals surface area contributed by atoms with Crippen molar-refractivity contribution in [2.45, 2.75) is 32.6 Å². The molecule has 0 amide bonds. The molecular formula is C21H29FIN3O2. The standard InChI is InChI=1S/C21H28FN3O2.HI/c1-21(2,26-4)15-25-20(23-3)24-13-16-8-10-19(11-9-16)27-14-17-6-5-7-18(22)12-17;/h5-12H,13-15H2,1-4H3,(H2,23,24,25);1H. The molecule has 2 aromatic carbocycles. The fourth-order valence-corrected chi connectivity index (χ4v) is 2.27. The van der Waals surface area contributed by atoms with Crippen molar-refractivity contribution in [1.29, 1.82) is 0 Å². The van der Waals surface area contributed by atoms with Crippen molar-refractivity contribution in [1.82, 2.24) is 10.6 Å². The number of guanidine groups is 1. The van der Waals surface area contributed by atoms with Crippen LogP contribution in [0.1, 0.15) is 25.0 Å². The smallest absolute Gasteiger partial charge is 0.191 e. The highest BCUT2D eigenvalue weighted by atomic mass is 127. The van der Waals surface area contributed by atoms with E-state index in [-0.39, 0.29) is 35.4 Å². The van der Waals surface area contributed by atoms with E-state index in [4.69, 9.17) is 9.47 Å². The summed E-state index contributed by atoms with van der Waals surface area (Å²) < 4.78 is 24.3. The lowest BCUT2D eigenvalue weighted by atomic mass is 10.1. The van der Waals surface area contributed by atoms with Crippen LogP contribution in [0.25, 0.3) is 0 Å². The van der Waals surface area contributed by atoms with E-state index in [0.717, 1.165) is 16.9 Å². The molecule has 0 heterocycles. The molecule has 5 nitrogen and oxygen atoms in total. The van der Waals surface area contributed by atoms with Crippen LogP contribution in [0.5, 0.6) is 5.75 Å². The number of benzene rings is 2. The van der Waals surface area contributed by atoms with Crippen LogP contribution in [0.3, 0.4) is 0 Å². The van der Waals surface area contributed by atoms with Gasteiger partial charge >= 0.3 is 0 Å². The molecular weight excluding hydrogens is 472 g/mol. The second-order valence-electron chi connectivity index (χ2n) is 6.81. The van der Waals surface area contributed by atoms with Gasteiger partial charge in [-0.25, -0.2) is 4.39 Å². The Labute approximate surface area is 183 Å². The maximum absolute atomic E-state index is 13.2. The van der Waals surface area contributed by atoms with Gasteiger partial charge in [0.15, 0.2) is 5.96 Å². The molecule has 28 heavy (non-hydrogen) atoms. The van der Waals surface area contributed by atoms with Crippen molar-refractivity contribution in [2.24, 2.45) is 4.99 Å². The van der Waals surface area contributed by atoms with Crippen molar-refractivity contribution in [3.8, 4) is 5.75 Å². The summed E-state index contributed by atoms with van der Waals surface area (Å²) >= 11 is 0. The van der Waals surface area contributed by atoms with E-state index in [2.05, 4.69) is 15.6 Å². The number of methoxy groups -OCH3 is 1. The Morgan fingerprint density at radius 3 is 2.39 bits per heavy atom. The molecule has 0 aromatic heterocycles. The van der Waals surface area contributed by atoms with Crippen LogP contribution in [0.4, 0.5) is 4.39 Å². The maximum Gasteiger partial charge on any atom is 0.191 e. The van der Waals surface area contributed by atoms with Crippen molar-refractivity contribution >= 4 is 29.9 Å². The van der Waals surface area contributed by atoms with E-state index in [1.807, 2.05) is 44.2 Å². The highest BCUT2D eigenvalue weighted by molar-refractivity contribution is 14.0. The molecule has 2 N–H and O–H groups in total. The molecule has 0 spiro atoms. The highest BCUT2D eigenvalue weighted by Crippen LogP contribution is 2.15. The Morgan fingerprint density at radius 1 is 1.07 bits per heavy atom. The molecule has 0 aliphatic heterocycles. The predicted molar refractivity (Wildman–Crippen MR) is 122 cm³/mol. The maximum atomic E-state index is 13.2. The van der Waals surface area contributed by atoms with E-state index < -0.39 is 0 Å². The van der Waals surface area contributed by atoms with Crippen molar-refractivity contribution < 1.29 is 13.9 Å². The third kappa shape index (κ3) is 8.43. The van der Waals surface area contributed by atoms with Crippen LogP contribution in [0, 0.1) is 5.82 Å². The van der Waals surface area contributed by atoms with Crippen LogP contribution >= 0.6 is 24.0 Å². The number of aliphatic imine (C=N–C) groups is 1. The van der Waals surface area contributed by atoms with Crippen LogP contribution < -0.4 is 15.4 Å². The van der Waals surface area contributed by atoms with E-state index in [0.29, 0.717) is 25.7 Å². The van der Waals surface area contributed by atoms with Gasteiger partial charge in [0.2, 0.25) is 0 Å². The Balaban J connectivity index is 0.00000392. The normalized spacial score (nSPS) is 11.5. The van der Waals surface area contributed by atoms with Crippen LogP contribution in [0.2, 0.25) is 0 Å². The third-order valence-electron chi connectivity index (χ3n) is 4.14. The largest absolute Gasteiger partial charge is 0.489 e. The van der Waals surface area contributed by atoms with Gasteiger partial charge in [0.25, 0.3) is 0 Å². The average molecular weight is 501 g/mol. The fraction of sp³-hybridized carbons (Fsp3) is 0.381. The molecule has 0 aliphatic rings. The molecule has 0 radical (unpaired) electrons. The first-order chi connectivity index (χ1) is 12.9. The lowest BCUT2D eigenvalue weighted by Gasteiger charge is -2.24. The summed E-state index contributed by atoms with van der Waals surface area (Å²) in [6.07, 6.45) is 0. The first-order valence-corrected chi connectivity index (χ1v) is 8.88. The molecule has 2 aromatic rings. The number of hydrogen-bond donors (Lipinski definition) is 2. The summed E-state index contributed by atoms with van der Waals surface area (Å²) in [5.74, 6) is 1.20. The van der Waals surface area contributed by atoms with E-state index in [9.17, 15) is 4.39 Å². The minimum absolute atomic E-state index is 0. The summed E-state index contributed by atoms with van der Waals surface area (Å²) in [5, 5.41) is 6.51. The summed E-state index contributed by atoms with van der Waals surface area (Å²) in [4.78, 5) is 4.21. The van der Waals surface area contributed by atoms with E-state index >= 15 is 0 Å². The number of halogens is 2. The number of nitrogens with one attached hydrogen (secondary N) is 2. The number of ether oxygens (including phenoxy) is 2. The quantitative estimate of drug-likeness (QED) is 0.325. The highest BCUT2D eigenvalue weighted by Gasteiger charge is 2.16. The Bertz CT molecular complexity index is 752. The summed E-state index contributed by atoms with van der Waals surface area (Å²) in [6.45, 7) is 5.64. The van der Waals surface area contributed by atoms with Gasteiger partial charge in [0.05, 0.1) is 5.60 Å². The first-order valence-electron chi connectivity index (χ1n) is 8.88. The van der Waals surface area contributed by atoms with Gasteiger partial charge in [-0.1, -0.05) is 24.3 Å². The SMILES string of the molecule is CN=C(NCc1ccc(OCc2cccc(F)c2)cc1)NCC(C)(C)OC.I. The van der Waals surface area contributed by atoms with Crippen LogP contribution in [-0.2, 0) is 17.9 Å². The van der Waals surface area contributed by atoms with Crippen molar-refractivity contribution in [3.63, 3.8) is 0 Å². The van der Waals surface area contributed by atoms with Gasteiger partial charge in [0, 0.05) is 27.2 Å². The zero-order valence-electron chi connectivity index (χ0n) is 16.8. The Morgan fingerprint density at radius 2 is 1.79 bits per heavy atom. The Kier molecular flexibility index (Phi) is 10.2. The second-order valence-corrected chi connectivity index (χ2v) is 6.81. The number of hydrogen-bond acceptors (Lipinski definition) is 3. The number of rotatable bonds is 8. The van der Waals surface area contributed by atoms with Crippen LogP contribution in [-0.4, -0.2) is 32.3 Å². The minimum Gasteiger partial charge on any atom is -0.489 e. The van der Waals surface area contributed by atoms with Crippen LogP contribution in [0.15, 0.2) is 53.5 Å². The van der Waals surface area contributed by atoms with Gasteiger partial charge in [-0.2, -0.15) is 0 Å². The van der Waals surface area contributed by atoms with Gasteiger partial charge in [-0.15, -0.1) is 24.0 Å². The summed E-state index contributed by atoms with van der Waals surface area (Å²) in [7, 11) is 3.42. The van der Waals surface area contributed by atoms with Gasteiger partial charge in [-0.3, -0.25) is 4.99 Å². The first kappa shape index (κ1) is 24.2. The average Bonchev–Trinajstić information content (AvgIpc) is 2.67. The molecule has 0 unspecified atom stereocenters. The third-order valence-corrected chi connectivity index (χ3v) is 4.14. The summed E-state index contributed by atoms with van der Waals surface area (Å²) in [5.41, 5.74) is 1.63. The molecule has 0 aliphatic carbocycles. The number of nitrogens with zero attached hydrogens (tertiary/aromatic N) is 1. The predicted octanol–water partition coefficient (Wildman–Crippen LogP) is 4.11. The molecule has 0 fully saturated rings. The summed E-state index contributed by atoms with van der Waals surface area (Å²) in [6, 6.07) is 14.2. The van der Waals surface area contributed by atoms with E-state index in [1.54, 1.807) is 20.2 Å². The van der Waals surface area contributed by atoms with Crippen molar-refractivity contribution in [3.05, 3.63) is 65.5 Å². The van der Waals surface area contributed by atoms with Gasteiger partial charge < -0.3 is 20.1 Å². The molecule has 0 bridgehead atoms. The zero-order chi connectivity index (χ0) is 19.7. The fourth-order valence-electron chi connectivity index (χ4n) is 2.27. The molecule has 7 heteroatoms. The van der Waals surface area contributed by atoms with E-state index in [1.165, 1.54) is 12.1 Å². The van der Waals surface area contributed by atoms with Crippen molar-refractivity contribution in [2.75, 3.05) is 20.7 Å². The monoisotopic (exact) mass is 501 g/mol. The molecule has 0 atom stereocenters. The zero-order valence-corrected chi connectivity index (χ0v) is 19.1. The molecule has 154 valence electrons.